The fourth-order valence-corrected chi connectivity index (χ4v) is 5.05. The molecule has 3 aliphatic rings. The molecule has 0 N–H and O–H groups in total. The molecule has 6 heteroatoms. The fraction of sp³-hybridized carbons (Fsp3) is 0.458. The first kappa shape index (κ1) is 19.5. The largest absolute Gasteiger partial charge is 0.497 e. The Kier molecular flexibility index (Phi) is 5.23. The van der Waals surface area contributed by atoms with Crippen LogP contribution in [0.15, 0.2) is 48.5 Å². The Hall–Kier alpha value is -2.41. The lowest BCUT2D eigenvalue weighted by molar-refractivity contribution is -0.144. The maximum absolute atomic E-state index is 13.1. The van der Waals surface area contributed by atoms with Crippen LogP contribution in [0.5, 0.6) is 5.75 Å². The minimum atomic E-state index is -0.401. The zero-order valence-corrected chi connectivity index (χ0v) is 17.4. The number of amides is 1. The average molecular weight is 408 g/mol. The smallest absolute Gasteiger partial charge is 0.251 e. The number of hydrogen-bond acceptors (Lipinski definition) is 5. The van der Waals surface area contributed by atoms with E-state index in [1.54, 1.807) is 7.11 Å². The summed E-state index contributed by atoms with van der Waals surface area (Å²) in [6.45, 7) is 4.69. The van der Waals surface area contributed by atoms with Gasteiger partial charge in [-0.15, -0.1) is 0 Å². The molecule has 6 nitrogen and oxygen atoms in total. The van der Waals surface area contributed by atoms with Crippen LogP contribution in [-0.4, -0.2) is 61.8 Å². The van der Waals surface area contributed by atoms with Gasteiger partial charge >= 0.3 is 0 Å². The number of carbonyl (C=O) groups is 1. The van der Waals surface area contributed by atoms with Crippen molar-refractivity contribution >= 4 is 5.91 Å². The number of ether oxygens (including phenoxy) is 3. The fourth-order valence-electron chi connectivity index (χ4n) is 5.05. The molecular formula is C24H28N2O4. The third kappa shape index (κ3) is 3.39. The van der Waals surface area contributed by atoms with Gasteiger partial charge in [-0.05, 0) is 28.8 Å². The van der Waals surface area contributed by atoms with E-state index in [-0.39, 0.29) is 11.4 Å². The first-order valence-electron chi connectivity index (χ1n) is 10.6. The monoisotopic (exact) mass is 408 g/mol. The van der Waals surface area contributed by atoms with E-state index in [0.717, 1.165) is 18.8 Å². The molecule has 30 heavy (non-hydrogen) atoms. The van der Waals surface area contributed by atoms with Crippen LogP contribution in [0.25, 0.3) is 0 Å². The number of rotatable bonds is 4. The molecule has 0 saturated carbocycles. The van der Waals surface area contributed by atoms with Crippen molar-refractivity contribution in [3.8, 4) is 5.75 Å². The lowest BCUT2D eigenvalue weighted by Gasteiger charge is -2.35. The highest BCUT2D eigenvalue weighted by Gasteiger charge is 2.52. The van der Waals surface area contributed by atoms with Gasteiger partial charge in [0.1, 0.15) is 11.9 Å². The molecule has 0 aliphatic carbocycles. The quantitative estimate of drug-likeness (QED) is 0.778. The van der Waals surface area contributed by atoms with Crippen molar-refractivity contribution in [3.05, 3.63) is 65.2 Å². The predicted octanol–water partition coefficient (Wildman–Crippen LogP) is 2.55. The lowest BCUT2D eigenvalue weighted by atomic mass is 9.86. The van der Waals surface area contributed by atoms with Crippen LogP contribution in [0.4, 0.5) is 0 Å². The molecule has 2 saturated heterocycles. The van der Waals surface area contributed by atoms with E-state index < -0.39 is 6.10 Å². The number of morpholine rings is 1. The molecule has 2 fully saturated rings. The van der Waals surface area contributed by atoms with E-state index in [2.05, 4.69) is 41.3 Å². The highest BCUT2D eigenvalue weighted by atomic mass is 16.5. The second-order valence-corrected chi connectivity index (χ2v) is 8.34. The molecule has 0 bridgehead atoms. The van der Waals surface area contributed by atoms with Crippen molar-refractivity contribution in [3.63, 3.8) is 0 Å². The molecule has 0 unspecified atom stereocenters. The highest BCUT2D eigenvalue weighted by molar-refractivity contribution is 5.81. The second-order valence-electron chi connectivity index (χ2n) is 8.34. The van der Waals surface area contributed by atoms with Gasteiger partial charge in [0.2, 0.25) is 0 Å². The van der Waals surface area contributed by atoms with Gasteiger partial charge in [0.25, 0.3) is 5.91 Å². The third-order valence-corrected chi connectivity index (χ3v) is 6.64. The molecule has 2 atom stereocenters. The Balaban J connectivity index is 1.42. The van der Waals surface area contributed by atoms with E-state index in [1.165, 1.54) is 16.7 Å². The van der Waals surface area contributed by atoms with Gasteiger partial charge in [0, 0.05) is 32.6 Å². The number of carbonyl (C=O) groups excluding carboxylic acids is 1. The molecule has 1 spiro atoms. The van der Waals surface area contributed by atoms with Crippen molar-refractivity contribution in [1.82, 2.24) is 9.80 Å². The Morgan fingerprint density at radius 3 is 2.83 bits per heavy atom. The zero-order valence-electron chi connectivity index (χ0n) is 17.4. The van der Waals surface area contributed by atoms with Gasteiger partial charge in [0.05, 0.1) is 32.5 Å². The molecule has 3 heterocycles. The summed E-state index contributed by atoms with van der Waals surface area (Å²) in [5, 5.41) is 0. The first-order valence-corrected chi connectivity index (χ1v) is 10.6. The number of fused-ring (bicyclic) bond motifs is 2. The molecule has 0 aromatic heterocycles. The van der Waals surface area contributed by atoms with Crippen LogP contribution in [0, 0.1) is 0 Å². The molecular weight excluding hydrogens is 380 g/mol. The van der Waals surface area contributed by atoms with Crippen LogP contribution in [0.1, 0.15) is 23.1 Å². The normalized spacial score (nSPS) is 26.2. The van der Waals surface area contributed by atoms with Gasteiger partial charge in [-0.3, -0.25) is 9.69 Å². The number of benzene rings is 2. The Morgan fingerprint density at radius 1 is 1.17 bits per heavy atom. The topological polar surface area (TPSA) is 51.2 Å². The summed E-state index contributed by atoms with van der Waals surface area (Å²) in [5.41, 5.74) is 3.55. The molecule has 0 radical (unpaired) electrons. The van der Waals surface area contributed by atoms with Crippen LogP contribution >= 0.6 is 0 Å². The molecule has 5 rings (SSSR count). The zero-order chi connectivity index (χ0) is 20.6. The molecule has 2 aromatic carbocycles. The Labute approximate surface area is 177 Å². The minimum Gasteiger partial charge on any atom is -0.497 e. The highest BCUT2D eigenvalue weighted by Crippen LogP contribution is 2.47. The van der Waals surface area contributed by atoms with Gasteiger partial charge in [0.15, 0.2) is 0 Å². The van der Waals surface area contributed by atoms with Crippen molar-refractivity contribution in [2.45, 2.75) is 31.2 Å². The van der Waals surface area contributed by atoms with Crippen molar-refractivity contribution in [2.75, 3.05) is 40.0 Å². The predicted molar refractivity (Wildman–Crippen MR) is 112 cm³/mol. The summed E-state index contributed by atoms with van der Waals surface area (Å²) in [7, 11) is 1.69. The van der Waals surface area contributed by atoms with Crippen LogP contribution < -0.4 is 4.74 Å². The van der Waals surface area contributed by atoms with Crippen LogP contribution in [0.3, 0.4) is 0 Å². The number of hydrogen-bond donors (Lipinski definition) is 0. The standard InChI is InChI=1S/C24H28N2O4/c1-28-20-7-4-5-18(13-20)15-26-16-19-6-2-3-8-21(19)24(26)14-22(30-17-24)23(27)25-9-11-29-12-10-25/h2-8,13,22H,9-12,14-17H2,1H3/t22-,24+/m0/s1. The molecule has 1 amide bonds. The van der Waals surface area contributed by atoms with E-state index in [4.69, 9.17) is 14.2 Å². The van der Waals surface area contributed by atoms with E-state index >= 15 is 0 Å². The summed E-state index contributed by atoms with van der Waals surface area (Å²) in [5.74, 6) is 0.960. The number of nitrogens with zero attached hydrogens (tertiary/aromatic N) is 2. The summed E-state index contributed by atoms with van der Waals surface area (Å²) < 4.78 is 17.0. The average Bonchev–Trinajstić information content (AvgIpc) is 3.37. The van der Waals surface area contributed by atoms with Crippen molar-refractivity contribution < 1.29 is 19.0 Å². The maximum Gasteiger partial charge on any atom is 0.251 e. The van der Waals surface area contributed by atoms with Gasteiger partial charge in [-0.25, -0.2) is 0 Å². The minimum absolute atomic E-state index is 0.0980. The number of methoxy groups -OCH3 is 1. The van der Waals surface area contributed by atoms with Gasteiger partial charge in [-0.1, -0.05) is 36.4 Å². The molecule has 2 aromatic rings. The third-order valence-electron chi connectivity index (χ3n) is 6.64. The summed E-state index contributed by atoms with van der Waals surface area (Å²) >= 11 is 0. The van der Waals surface area contributed by atoms with E-state index in [9.17, 15) is 4.79 Å². The molecule has 3 aliphatic heterocycles. The van der Waals surface area contributed by atoms with Gasteiger partial charge < -0.3 is 19.1 Å². The summed E-state index contributed by atoms with van der Waals surface area (Å²) in [6, 6.07) is 16.8. The van der Waals surface area contributed by atoms with Crippen LogP contribution in [-0.2, 0) is 32.9 Å². The Bertz CT molecular complexity index is 927. The summed E-state index contributed by atoms with van der Waals surface area (Å²) in [4.78, 5) is 17.5. The lowest BCUT2D eigenvalue weighted by Crippen LogP contribution is -2.46. The SMILES string of the molecule is COc1cccc(CN2Cc3ccccc3[C@@]23CO[C@H](C(=O)N2CCOCC2)C3)c1. The van der Waals surface area contributed by atoms with Crippen molar-refractivity contribution in [1.29, 1.82) is 0 Å². The Morgan fingerprint density at radius 2 is 2.00 bits per heavy atom. The van der Waals surface area contributed by atoms with Crippen LogP contribution in [0.2, 0.25) is 0 Å². The first-order chi connectivity index (χ1) is 14.7. The van der Waals surface area contributed by atoms with E-state index in [0.29, 0.717) is 39.3 Å². The van der Waals surface area contributed by atoms with Gasteiger partial charge in [-0.2, -0.15) is 0 Å². The summed E-state index contributed by atoms with van der Waals surface area (Å²) in [6.07, 6.45) is 0.284. The van der Waals surface area contributed by atoms with Crippen molar-refractivity contribution in [2.24, 2.45) is 0 Å². The maximum atomic E-state index is 13.1. The second kappa shape index (κ2) is 8.02. The van der Waals surface area contributed by atoms with E-state index in [1.807, 2.05) is 17.0 Å². The molecule has 158 valence electrons.